The van der Waals surface area contributed by atoms with Crippen molar-refractivity contribution in [2.75, 3.05) is 7.05 Å². The first-order valence-corrected chi connectivity index (χ1v) is 5.98. The van der Waals surface area contributed by atoms with Gasteiger partial charge in [-0.15, -0.1) is 0 Å². The normalized spacial score (nSPS) is 13.4. The lowest BCUT2D eigenvalue weighted by molar-refractivity contribution is -0.126. The Bertz CT molecular complexity index is 445. The number of nitrogens with one attached hydrogen (secondary N) is 2. The molecule has 0 saturated carbocycles. The number of ether oxygens (including phenoxy) is 1. The van der Waals surface area contributed by atoms with Crippen LogP contribution in [-0.4, -0.2) is 25.1 Å². The van der Waals surface area contributed by atoms with Gasteiger partial charge in [0.15, 0.2) is 6.10 Å². The van der Waals surface area contributed by atoms with Crippen LogP contribution in [0.2, 0.25) is 0 Å². The van der Waals surface area contributed by atoms with E-state index in [9.17, 15) is 9.59 Å². The summed E-state index contributed by atoms with van der Waals surface area (Å²) in [6, 6.07) is 6.72. The molecule has 1 rings (SSSR count). The van der Waals surface area contributed by atoms with Crippen molar-refractivity contribution in [1.82, 2.24) is 10.6 Å². The Morgan fingerprint density at radius 3 is 2.26 bits per heavy atom. The summed E-state index contributed by atoms with van der Waals surface area (Å²) in [5.41, 5.74) is 5.97. The third kappa shape index (κ3) is 4.59. The topological polar surface area (TPSA) is 93.4 Å². The van der Waals surface area contributed by atoms with Gasteiger partial charge in [0.2, 0.25) is 0 Å². The standard InChI is InChI=1S/C13H19N3O3/c1-8(15-3)10-4-6-11(7-5-10)19-9(2)12(17)16-13(14)18/h4-9,15H,1-3H3,(H3,14,16,17,18). The highest BCUT2D eigenvalue weighted by atomic mass is 16.5. The molecule has 0 aliphatic rings. The summed E-state index contributed by atoms with van der Waals surface area (Å²) in [6.07, 6.45) is -0.792. The van der Waals surface area contributed by atoms with Crippen molar-refractivity contribution in [3.05, 3.63) is 29.8 Å². The van der Waals surface area contributed by atoms with E-state index in [4.69, 9.17) is 10.5 Å². The summed E-state index contributed by atoms with van der Waals surface area (Å²) in [6.45, 7) is 3.58. The molecule has 0 bridgehead atoms. The van der Waals surface area contributed by atoms with Crippen LogP contribution < -0.4 is 21.1 Å². The maximum atomic E-state index is 11.4. The van der Waals surface area contributed by atoms with Crippen molar-refractivity contribution in [1.29, 1.82) is 0 Å². The van der Waals surface area contributed by atoms with E-state index < -0.39 is 18.0 Å². The minimum absolute atomic E-state index is 0.240. The molecule has 0 spiro atoms. The van der Waals surface area contributed by atoms with Gasteiger partial charge < -0.3 is 15.8 Å². The predicted molar refractivity (Wildman–Crippen MR) is 71.7 cm³/mol. The second-order valence-corrected chi connectivity index (χ2v) is 4.19. The Labute approximate surface area is 112 Å². The summed E-state index contributed by atoms with van der Waals surface area (Å²) in [5, 5.41) is 5.09. The number of carbonyl (C=O) groups is 2. The van der Waals surface area contributed by atoms with Gasteiger partial charge in [-0.1, -0.05) is 12.1 Å². The number of primary amides is 1. The highest BCUT2D eigenvalue weighted by Crippen LogP contribution is 2.18. The quantitative estimate of drug-likeness (QED) is 0.738. The smallest absolute Gasteiger partial charge is 0.318 e. The zero-order chi connectivity index (χ0) is 14.4. The SMILES string of the molecule is CNC(C)c1ccc(OC(C)C(=O)NC(N)=O)cc1. The Morgan fingerprint density at radius 2 is 1.79 bits per heavy atom. The van der Waals surface area contributed by atoms with Crippen molar-refractivity contribution in [3.8, 4) is 5.75 Å². The van der Waals surface area contributed by atoms with Gasteiger partial charge in [0.25, 0.3) is 5.91 Å². The summed E-state index contributed by atoms with van der Waals surface area (Å²) >= 11 is 0. The molecule has 0 radical (unpaired) electrons. The van der Waals surface area contributed by atoms with E-state index >= 15 is 0 Å². The zero-order valence-electron chi connectivity index (χ0n) is 11.3. The Balaban J connectivity index is 2.62. The van der Waals surface area contributed by atoms with E-state index in [2.05, 4.69) is 5.32 Å². The molecule has 1 aromatic carbocycles. The minimum atomic E-state index is -0.890. The number of benzene rings is 1. The summed E-state index contributed by atoms with van der Waals surface area (Å²) in [4.78, 5) is 22.0. The van der Waals surface area contributed by atoms with Crippen molar-refractivity contribution in [2.45, 2.75) is 26.0 Å². The lowest BCUT2D eigenvalue weighted by Gasteiger charge is -2.15. The lowest BCUT2D eigenvalue weighted by Crippen LogP contribution is -2.42. The second-order valence-electron chi connectivity index (χ2n) is 4.19. The third-order valence-electron chi connectivity index (χ3n) is 2.74. The maximum Gasteiger partial charge on any atom is 0.318 e. The van der Waals surface area contributed by atoms with Crippen molar-refractivity contribution >= 4 is 11.9 Å². The van der Waals surface area contributed by atoms with Crippen LogP contribution in [0.5, 0.6) is 5.75 Å². The molecule has 1 aromatic rings. The molecule has 3 amide bonds. The number of nitrogens with two attached hydrogens (primary N) is 1. The van der Waals surface area contributed by atoms with Crippen LogP contribution in [0.4, 0.5) is 4.79 Å². The van der Waals surface area contributed by atoms with Crippen LogP contribution in [0.1, 0.15) is 25.5 Å². The largest absolute Gasteiger partial charge is 0.481 e. The van der Waals surface area contributed by atoms with E-state index in [-0.39, 0.29) is 6.04 Å². The van der Waals surface area contributed by atoms with Crippen LogP contribution in [0.3, 0.4) is 0 Å². The number of amides is 3. The third-order valence-corrected chi connectivity index (χ3v) is 2.74. The molecule has 104 valence electrons. The number of urea groups is 1. The fraction of sp³-hybridized carbons (Fsp3) is 0.385. The average molecular weight is 265 g/mol. The van der Waals surface area contributed by atoms with E-state index in [1.807, 2.05) is 31.4 Å². The van der Waals surface area contributed by atoms with E-state index in [1.54, 1.807) is 19.1 Å². The van der Waals surface area contributed by atoms with Gasteiger partial charge in [-0.3, -0.25) is 10.1 Å². The average Bonchev–Trinajstić information content (AvgIpc) is 2.37. The second kappa shape index (κ2) is 6.75. The summed E-state index contributed by atoms with van der Waals surface area (Å²) < 4.78 is 5.41. The zero-order valence-corrected chi connectivity index (χ0v) is 11.3. The molecule has 0 fully saturated rings. The van der Waals surface area contributed by atoms with Gasteiger partial charge in [0, 0.05) is 6.04 Å². The number of hydrogen-bond acceptors (Lipinski definition) is 4. The molecule has 2 atom stereocenters. The molecule has 0 aliphatic carbocycles. The van der Waals surface area contributed by atoms with Crippen LogP contribution in [0.25, 0.3) is 0 Å². The number of rotatable bonds is 5. The van der Waals surface area contributed by atoms with Crippen LogP contribution in [0, 0.1) is 0 Å². The highest BCUT2D eigenvalue weighted by molar-refractivity contribution is 5.95. The monoisotopic (exact) mass is 265 g/mol. The lowest BCUT2D eigenvalue weighted by atomic mass is 10.1. The van der Waals surface area contributed by atoms with E-state index in [0.29, 0.717) is 5.75 Å². The minimum Gasteiger partial charge on any atom is -0.481 e. The molecule has 6 heteroatoms. The van der Waals surface area contributed by atoms with Gasteiger partial charge in [-0.25, -0.2) is 4.79 Å². The molecule has 0 saturated heterocycles. The van der Waals surface area contributed by atoms with Crippen LogP contribution >= 0.6 is 0 Å². The molecule has 0 heterocycles. The Hall–Kier alpha value is -2.08. The Morgan fingerprint density at radius 1 is 1.21 bits per heavy atom. The van der Waals surface area contributed by atoms with Crippen molar-refractivity contribution in [2.24, 2.45) is 5.73 Å². The first-order chi connectivity index (χ1) is 8.93. The molecule has 2 unspecified atom stereocenters. The van der Waals surface area contributed by atoms with Crippen LogP contribution in [0.15, 0.2) is 24.3 Å². The molecular formula is C13H19N3O3. The molecular weight excluding hydrogens is 246 g/mol. The number of carbonyl (C=O) groups excluding carboxylic acids is 2. The van der Waals surface area contributed by atoms with Crippen molar-refractivity contribution in [3.63, 3.8) is 0 Å². The molecule has 0 aliphatic heterocycles. The van der Waals surface area contributed by atoms with Gasteiger partial charge in [0.05, 0.1) is 0 Å². The fourth-order valence-corrected chi connectivity index (χ4v) is 1.48. The predicted octanol–water partition coefficient (Wildman–Crippen LogP) is 0.929. The molecule has 0 aromatic heterocycles. The Kier molecular flexibility index (Phi) is 5.32. The van der Waals surface area contributed by atoms with Gasteiger partial charge in [-0.05, 0) is 38.6 Å². The summed E-state index contributed by atoms with van der Waals surface area (Å²) in [5.74, 6) is -0.0145. The first kappa shape index (κ1) is 15.0. The molecule has 4 N–H and O–H groups in total. The van der Waals surface area contributed by atoms with E-state index in [0.717, 1.165) is 5.56 Å². The maximum absolute atomic E-state index is 11.4. The van der Waals surface area contributed by atoms with Crippen LogP contribution in [-0.2, 0) is 4.79 Å². The number of imide groups is 1. The highest BCUT2D eigenvalue weighted by Gasteiger charge is 2.16. The molecule has 6 nitrogen and oxygen atoms in total. The molecule has 19 heavy (non-hydrogen) atoms. The van der Waals surface area contributed by atoms with Gasteiger partial charge in [0.1, 0.15) is 5.75 Å². The fourth-order valence-electron chi connectivity index (χ4n) is 1.48. The number of hydrogen-bond donors (Lipinski definition) is 3. The van der Waals surface area contributed by atoms with Gasteiger partial charge in [-0.2, -0.15) is 0 Å². The van der Waals surface area contributed by atoms with Gasteiger partial charge >= 0.3 is 6.03 Å². The first-order valence-electron chi connectivity index (χ1n) is 5.98. The summed E-state index contributed by atoms with van der Waals surface area (Å²) in [7, 11) is 1.88. The van der Waals surface area contributed by atoms with E-state index in [1.165, 1.54) is 0 Å². The van der Waals surface area contributed by atoms with Crippen molar-refractivity contribution < 1.29 is 14.3 Å².